The van der Waals surface area contributed by atoms with Crippen LogP contribution in [0.3, 0.4) is 0 Å². The van der Waals surface area contributed by atoms with Gasteiger partial charge in [0, 0.05) is 24.7 Å². The van der Waals surface area contributed by atoms with Crippen molar-refractivity contribution in [3.8, 4) is 0 Å². The third-order valence-electron chi connectivity index (χ3n) is 5.47. The third kappa shape index (κ3) is 2.81. The van der Waals surface area contributed by atoms with Gasteiger partial charge in [-0.1, -0.05) is 5.16 Å². The molecule has 0 radical (unpaired) electrons. The highest BCUT2D eigenvalue weighted by Crippen LogP contribution is 2.28. The summed E-state index contributed by atoms with van der Waals surface area (Å²) in [6.45, 7) is 6.84. The predicted molar refractivity (Wildman–Crippen MR) is 88.4 cm³/mol. The maximum absolute atomic E-state index is 12.8. The van der Waals surface area contributed by atoms with Crippen molar-refractivity contribution in [2.24, 2.45) is 0 Å². The number of nitrogens with zero attached hydrogens (tertiary/aromatic N) is 4. The number of hydrogen-bond acceptors (Lipinski definition) is 5. The lowest BCUT2D eigenvalue weighted by Crippen LogP contribution is -2.60. The van der Waals surface area contributed by atoms with Crippen LogP contribution in [-0.4, -0.2) is 77.0 Å². The van der Waals surface area contributed by atoms with Gasteiger partial charge in [-0.2, -0.15) is 0 Å². The van der Waals surface area contributed by atoms with E-state index in [1.54, 1.807) is 4.90 Å². The molecule has 3 rings (SSSR count). The topological polar surface area (TPSA) is 69.9 Å². The first-order valence-corrected chi connectivity index (χ1v) is 8.47. The average molecular weight is 334 g/mol. The van der Waals surface area contributed by atoms with Gasteiger partial charge in [-0.05, 0) is 41.3 Å². The van der Waals surface area contributed by atoms with Gasteiger partial charge in [0.1, 0.15) is 11.8 Å². The molecule has 1 aromatic heterocycles. The first-order valence-electron chi connectivity index (χ1n) is 8.47. The molecule has 2 aliphatic rings. The van der Waals surface area contributed by atoms with Gasteiger partial charge in [0.25, 0.3) is 0 Å². The number of aromatic nitrogens is 1. The number of amides is 2. The van der Waals surface area contributed by atoms with Gasteiger partial charge < -0.3 is 19.2 Å². The van der Waals surface area contributed by atoms with Crippen molar-refractivity contribution in [1.82, 2.24) is 19.9 Å². The van der Waals surface area contributed by atoms with Crippen LogP contribution in [0.5, 0.6) is 0 Å². The molecule has 7 nitrogen and oxygen atoms in total. The quantitative estimate of drug-likeness (QED) is 0.809. The van der Waals surface area contributed by atoms with E-state index < -0.39 is 6.04 Å². The molecule has 0 saturated carbocycles. The van der Waals surface area contributed by atoms with Crippen molar-refractivity contribution in [3.63, 3.8) is 0 Å². The van der Waals surface area contributed by atoms with Crippen LogP contribution < -0.4 is 0 Å². The van der Waals surface area contributed by atoms with Crippen LogP contribution in [0.2, 0.25) is 0 Å². The number of carbonyl (C=O) groups is 2. The largest absolute Gasteiger partial charge is 0.361 e. The number of rotatable bonds is 3. The highest BCUT2D eigenvalue weighted by atomic mass is 16.5. The lowest BCUT2D eigenvalue weighted by Gasteiger charge is -2.41. The zero-order valence-corrected chi connectivity index (χ0v) is 15.1. The van der Waals surface area contributed by atoms with Crippen molar-refractivity contribution >= 4 is 11.8 Å². The molecule has 7 heteroatoms. The standard InChI is InChI=1S/C17H26N4O3/c1-10-15(12(3)24-18-10)7-16(22)20-9-14-6-13(19(4)5)8-21(14)17(23)11(20)2/h11,13-14H,6-9H2,1-5H3/t11-,13-,14-/m0/s1. The predicted octanol–water partition coefficient (Wildman–Crippen LogP) is 0.596. The second-order valence-electron chi connectivity index (χ2n) is 7.20. The summed E-state index contributed by atoms with van der Waals surface area (Å²) in [5, 5.41) is 3.90. The number of hydrogen-bond donors (Lipinski definition) is 0. The number of aryl methyl sites for hydroxylation is 2. The number of likely N-dealkylation sites (N-methyl/N-ethyl adjacent to an activating group) is 1. The van der Waals surface area contributed by atoms with E-state index in [0.717, 1.165) is 24.2 Å². The summed E-state index contributed by atoms with van der Waals surface area (Å²) in [5.74, 6) is 0.702. The van der Waals surface area contributed by atoms with E-state index in [-0.39, 0.29) is 24.3 Å². The maximum atomic E-state index is 12.8. The first kappa shape index (κ1) is 17.0. The molecule has 0 N–H and O–H groups in total. The van der Waals surface area contributed by atoms with Gasteiger partial charge in [0.15, 0.2) is 0 Å². The molecule has 2 aliphatic heterocycles. The monoisotopic (exact) mass is 334 g/mol. The molecule has 0 spiro atoms. The molecular weight excluding hydrogens is 308 g/mol. The Labute approximate surface area is 142 Å². The lowest BCUT2D eigenvalue weighted by molar-refractivity contribution is -0.152. The second-order valence-corrected chi connectivity index (χ2v) is 7.20. The van der Waals surface area contributed by atoms with Gasteiger partial charge in [0.05, 0.1) is 18.2 Å². The van der Waals surface area contributed by atoms with Crippen LogP contribution in [0.25, 0.3) is 0 Å². The molecule has 132 valence electrons. The lowest BCUT2D eigenvalue weighted by atomic mass is 10.0. The van der Waals surface area contributed by atoms with Crippen LogP contribution in [0, 0.1) is 13.8 Å². The van der Waals surface area contributed by atoms with Crippen LogP contribution in [0.4, 0.5) is 0 Å². The molecule has 0 aliphatic carbocycles. The van der Waals surface area contributed by atoms with E-state index in [9.17, 15) is 9.59 Å². The Morgan fingerprint density at radius 3 is 2.62 bits per heavy atom. The third-order valence-corrected chi connectivity index (χ3v) is 5.47. The Hall–Kier alpha value is -1.89. The average Bonchev–Trinajstić information content (AvgIpc) is 3.09. The Morgan fingerprint density at radius 2 is 2.04 bits per heavy atom. The summed E-state index contributed by atoms with van der Waals surface area (Å²) in [4.78, 5) is 31.4. The van der Waals surface area contributed by atoms with E-state index in [1.807, 2.05) is 39.8 Å². The van der Waals surface area contributed by atoms with Gasteiger partial charge in [-0.15, -0.1) is 0 Å². The Bertz CT molecular complexity index is 635. The molecule has 0 unspecified atom stereocenters. The van der Waals surface area contributed by atoms with E-state index in [0.29, 0.717) is 18.3 Å². The summed E-state index contributed by atoms with van der Waals surface area (Å²) in [6, 6.07) is 0.0774. The molecule has 24 heavy (non-hydrogen) atoms. The molecule has 2 fully saturated rings. The second kappa shape index (κ2) is 6.20. The molecule has 0 bridgehead atoms. The number of carbonyl (C=O) groups excluding carboxylic acids is 2. The highest BCUT2D eigenvalue weighted by molar-refractivity contribution is 5.90. The number of fused-ring (bicyclic) bond motifs is 1. The van der Waals surface area contributed by atoms with Crippen LogP contribution in [-0.2, 0) is 16.0 Å². The molecule has 1 aromatic rings. The van der Waals surface area contributed by atoms with Crippen molar-refractivity contribution in [3.05, 3.63) is 17.0 Å². The van der Waals surface area contributed by atoms with Crippen LogP contribution in [0.1, 0.15) is 30.4 Å². The fourth-order valence-corrected chi connectivity index (χ4v) is 3.79. The molecule has 3 heterocycles. The van der Waals surface area contributed by atoms with Crippen molar-refractivity contribution in [1.29, 1.82) is 0 Å². The zero-order valence-electron chi connectivity index (χ0n) is 15.1. The maximum Gasteiger partial charge on any atom is 0.245 e. The van der Waals surface area contributed by atoms with Crippen molar-refractivity contribution in [2.75, 3.05) is 27.2 Å². The summed E-state index contributed by atoms with van der Waals surface area (Å²) in [5.41, 5.74) is 1.58. The van der Waals surface area contributed by atoms with E-state index >= 15 is 0 Å². The summed E-state index contributed by atoms with van der Waals surface area (Å²) >= 11 is 0. The first-order chi connectivity index (χ1) is 11.3. The smallest absolute Gasteiger partial charge is 0.245 e. The Morgan fingerprint density at radius 1 is 1.33 bits per heavy atom. The molecule has 3 atom stereocenters. The van der Waals surface area contributed by atoms with E-state index in [4.69, 9.17) is 4.52 Å². The zero-order chi connectivity index (χ0) is 17.6. The normalized spacial score (nSPS) is 27.1. The number of piperazine rings is 1. The minimum Gasteiger partial charge on any atom is -0.361 e. The summed E-state index contributed by atoms with van der Waals surface area (Å²) < 4.78 is 5.14. The minimum absolute atomic E-state index is 0.0294. The highest BCUT2D eigenvalue weighted by Gasteiger charge is 2.45. The van der Waals surface area contributed by atoms with Gasteiger partial charge in [-0.25, -0.2) is 0 Å². The van der Waals surface area contributed by atoms with Crippen molar-refractivity contribution < 1.29 is 14.1 Å². The van der Waals surface area contributed by atoms with Gasteiger partial charge >= 0.3 is 0 Å². The summed E-state index contributed by atoms with van der Waals surface area (Å²) in [7, 11) is 4.08. The fourth-order valence-electron chi connectivity index (χ4n) is 3.79. The van der Waals surface area contributed by atoms with Crippen molar-refractivity contribution in [2.45, 2.75) is 51.7 Å². The van der Waals surface area contributed by atoms with Crippen LogP contribution in [0.15, 0.2) is 4.52 Å². The van der Waals surface area contributed by atoms with E-state index in [1.165, 1.54) is 0 Å². The van der Waals surface area contributed by atoms with Gasteiger partial charge in [-0.3, -0.25) is 9.59 Å². The minimum atomic E-state index is -0.407. The fraction of sp³-hybridized carbons (Fsp3) is 0.706. The Kier molecular flexibility index (Phi) is 4.38. The van der Waals surface area contributed by atoms with E-state index in [2.05, 4.69) is 10.1 Å². The molecule has 2 amide bonds. The van der Waals surface area contributed by atoms with Gasteiger partial charge in [0.2, 0.25) is 11.8 Å². The molecule has 2 saturated heterocycles. The summed E-state index contributed by atoms with van der Waals surface area (Å²) in [6.07, 6.45) is 1.16. The van der Waals surface area contributed by atoms with Crippen LogP contribution >= 0.6 is 0 Å². The molecular formula is C17H26N4O3. The Balaban J connectivity index is 1.75. The SMILES string of the molecule is Cc1noc(C)c1CC(=O)N1C[C@@H]2C[C@H](N(C)C)CN2C(=O)[C@@H]1C. The molecule has 0 aromatic carbocycles.